The molecule has 0 radical (unpaired) electrons. The molecule has 0 spiro atoms. The smallest absolute Gasteiger partial charge is 0.191 e. The van der Waals surface area contributed by atoms with Gasteiger partial charge >= 0.3 is 0 Å². The minimum atomic E-state index is 0.639. The van der Waals surface area contributed by atoms with Gasteiger partial charge in [-0.15, -0.1) is 0 Å². The summed E-state index contributed by atoms with van der Waals surface area (Å²) in [6.45, 7) is 6.46. The third-order valence-corrected chi connectivity index (χ3v) is 4.35. The fourth-order valence-electron chi connectivity index (χ4n) is 2.62. The lowest BCUT2D eigenvalue weighted by atomic mass is 10.2. The van der Waals surface area contributed by atoms with Gasteiger partial charge in [0.05, 0.1) is 12.8 Å². The maximum absolute atomic E-state index is 5.40. The van der Waals surface area contributed by atoms with E-state index in [0.29, 0.717) is 6.54 Å². The summed E-state index contributed by atoms with van der Waals surface area (Å²) in [5.74, 6) is 1.63. The summed E-state index contributed by atoms with van der Waals surface area (Å²) in [7, 11) is 3.45. The Labute approximate surface area is 157 Å². The molecule has 0 bridgehead atoms. The predicted octanol–water partition coefficient (Wildman–Crippen LogP) is 3.03. The number of guanidine groups is 1. The van der Waals surface area contributed by atoms with Crippen LogP contribution in [0.3, 0.4) is 0 Å². The first-order valence-corrected chi connectivity index (χ1v) is 9.10. The minimum Gasteiger partial charge on any atom is -0.496 e. The number of methoxy groups -OCH3 is 1. The van der Waals surface area contributed by atoms with Gasteiger partial charge in [-0.1, -0.05) is 15.9 Å². The highest BCUT2D eigenvalue weighted by atomic mass is 79.9. The molecular weight excluding hydrogens is 382 g/mol. The van der Waals surface area contributed by atoms with Crippen molar-refractivity contribution in [3.63, 3.8) is 0 Å². The Balaban J connectivity index is 1.79. The summed E-state index contributed by atoms with van der Waals surface area (Å²) < 4.78 is 8.46. The molecule has 0 fully saturated rings. The Morgan fingerprint density at radius 2 is 2.08 bits per heavy atom. The minimum absolute atomic E-state index is 0.639. The normalized spacial score (nSPS) is 11.5. The molecule has 0 unspecified atom stereocenters. The molecule has 2 N–H and O–H groups in total. The van der Waals surface area contributed by atoms with Crippen LogP contribution in [0.1, 0.15) is 23.4 Å². The molecule has 1 heterocycles. The van der Waals surface area contributed by atoms with Gasteiger partial charge in [0, 0.05) is 42.4 Å². The number of aliphatic imine (C=N–C) groups is 1. The van der Waals surface area contributed by atoms with Gasteiger partial charge in [0.15, 0.2) is 5.96 Å². The summed E-state index contributed by atoms with van der Waals surface area (Å²) in [6, 6.07) is 8.06. The fraction of sp³-hybridized carbons (Fsp3) is 0.444. The zero-order chi connectivity index (χ0) is 18.2. The van der Waals surface area contributed by atoms with Gasteiger partial charge in [-0.2, -0.15) is 5.10 Å². The molecule has 0 saturated carbocycles. The van der Waals surface area contributed by atoms with Crippen molar-refractivity contribution in [2.75, 3.05) is 20.7 Å². The van der Waals surface area contributed by atoms with Crippen LogP contribution in [0.2, 0.25) is 0 Å². The van der Waals surface area contributed by atoms with Crippen LogP contribution in [-0.4, -0.2) is 36.4 Å². The first-order valence-electron chi connectivity index (χ1n) is 8.31. The van der Waals surface area contributed by atoms with E-state index >= 15 is 0 Å². The van der Waals surface area contributed by atoms with Crippen molar-refractivity contribution >= 4 is 21.9 Å². The number of aromatic nitrogens is 2. The molecule has 0 amide bonds. The van der Waals surface area contributed by atoms with Gasteiger partial charge in [-0.25, -0.2) is 0 Å². The Morgan fingerprint density at radius 3 is 2.72 bits per heavy atom. The molecule has 0 saturated heterocycles. The van der Waals surface area contributed by atoms with Gasteiger partial charge in [-0.05, 0) is 44.5 Å². The molecule has 6 nitrogen and oxygen atoms in total. The van der Waals surface area contributed by atoms with E-state index in [0.717, 1.165) is 46.9 Å². The molecule has 0 aliphatic rings. The molecule has 1 aromatic heterocycles. The van der Waals surface area contributed by atoms with Crippen molar-refractivity contribution in [3.05, 3.63) is 45.7 Å². The number of aryl methyl sites for hydroxylation is 3. The number of rotatable bonds is 7. The van der Waals surface area contributed by atoms with Crippen molar-refractivity contribution in [2.24, 2.45) is 4.99 Å². The number of halogens is 1. The van der Waals surface area contributed by atoms with Crippen molar-refractivity contribution in [2.45, 2.75) is 33.4 Å². The van der Waals surface area contributed by atoms with E-state index in [-0.39, 0.29) is 0 Å². The molecule has 7 heteroatoms. The highest BCUT2D eigenvalue weighted by Gasteiger charge is 2.05. The zero-order valence-corrected chi connectivity index (χ0v) is 16.9. The van der Waals surface area contributed by atoms with Crippen molar-refractivity contribution in [3.8, 4) is 5.75 Å². The maximum atomic E-state index is 5.40. The number of hydrogen-bond donors (Lipinski definition) is 2. The first-order chi connectivity index (χ1) is 12.0. The third kappa shape index (κ3) is 5.77. The Morgan fingerprint density at radius 1 is 1.28 bits per heavy atom. The van der Waals surface area contributed by atoms with Gasteiger partial charge in [0.2, 0.25) is 0 Å². The van der Waals surface area contributed by atoms with Gasteiger partial charge in [0.1, 0.15) is 5.75 Å². The maximum Gasteiger partial charge on any atom is 0.191 e. The SMILES string of the molecule is CN=C(NCCCn1nc(C)cc1C)NCc1cc(Br)ccc1OC. The zero-order valence-electron chi connectivity index (χ0n) is 15.3. The van der Waals surface area contributed by atoms with Crippen LogP contribution in [0, 0.1) is 13.8 Å². The molecule has 0 atom stereocenters. The second-order valence-electron chi connectivity index (χ2n) is 5.81. The van der Waals surface area contributed by atoms with E-state index < -0.39 is 0 Å². The van der Waals surface area contributed by atoms with Crippen LogP contribution >= 0.6 is 15.9 Å². The van der Waals surface area contributed by atoms with Crippen LogP contribution in [-0.2, 0) is 13.1 Å². The van der Waals surface area contributed by atoms with Crippen molar-refractivity contribution < 1.29 is 4.74 Å². The molecular formula is C18H26BrN5O. The number of nitrogens with zero attached hydrogens (tertiary/aromatic N) is 3. The van der Waals surface area contributed by atoms with Gasteiger partial charge < -0.3 is 15.4 Å². The number of nitrogens with one attached hydrogen (secondary N) is 2. The topological polar surface area (TPSA) is 63.5 Å². The molecule has 0 aliphatic heterocycles. The standard InChI is InChI=1S/C18H26BrN5O/c1-13-10-14(2)24(23-13)9-5-8-21-18(20-3)22-12-15-11-16(19)6-7-17(15)25-4/h6-7,10-11H,5,8-9,12H2,1-4H3,(H2,20,21,22). The lowest BCUT2D eigenvalue weighted by Gasteiger charge is -2.14. The number of benzene rings is 1. The lowest BCUT2D eigenvalue weighted by Crippen LogP contribution is -2.37. The van der Waals surface area contributed by atoms with E-state index in [9.17, 15) is 0 Å². The van der Waals surface area contributed by atoms with Crippen LogP contribution in [0.4, 0.5) is 0 Å². The van der Waals surface area contributed by atoms with E-state index in [4.69, 9.17) is 4.74 Å². The van der Waals surface area contributed by atoms with Crippen LogP contribution in [0.25, 0.3) is 0 Å². The highest BCUT2D eigenvalue weighted by molar-refractivity contribution is 9.10. The number of ether oxygens (including phenoxy) is 1. The summed E-state index contributed by atoms with van der Waals surface area (Å²) in [6.07, 6.45) is 0.975. The largest absolute Gasteiger partial charge is 0.496 e. The Hall–Kier alpha value is -2.02. The predicted molar refractivity (Wildman–Crippen MR) is 105 cm³/mol. The molecule has 136 valence electrons. The molecule has 25 heavy (non-hydrogen) atoms. The van der Waals surface area contributed by atoms with Gasteiger partial charge in [0.25, 0.3) is 0 Å². The van der Waals surface area contributed by atoms with E-state index in [1.165, 1.54) is 5.69 Å². The average molecular weight is 408 g/mol. The monoisotopic (exact) mass is 407 g/mol. The highest BCUT2D eigenvalue weighted by Crippen LogP contribution is 2.22. The van der Waals surface area contributed by atoms with E-state index in [1.807, 2.05) is 29.8 Å². The second-order valence-corrected chi connectivity index (χ2v) is 6.73. The summed E-state index contributed by atoms with van der Waals surface area (Å²) in [5, 5.41) is 11.1. The lowest BCUT2D eigenvalue weighted by molar-refractivity contribution is 0.409. The quantitative estimate of drug-likeness (QED) is 0.420. The molecule has 0 aliphatic carbocycles. The van der Waals surface area contributed by atoms with Gasteiger partial charge in [-0.3, -0.25) is 9.67 Å². The molecule has 2 aromatic rings. The molecule has 1 aromatic carbocycles. The fourth-order valence-corrected chi connectivity index (χ4v) is 3.03. The first kappa shape index (κ1) is 19.3. The van der Waals surface area contributed by atoms with E-state index in [2.05, 4.69) is 49.6 Å². The van der Waals surface area contributed by atoms with Crippen LogP contribution in [0.15, 0.2) is 33.7 Å². The van der Waals surface area contributed by atoms with E-state index in [1.54, 1.807) is 14.2 Å². The third-order valence-electron chi connectivity index (χ3n) is 3.85. The summed E-state index contributed by atoms with van der Waals surface area (Å²) in [4.78, 5) is 4.27. The molecule has 2 rings (SSSR count). The average Bonchev–Trinajstić information content (AvgIpc) is 2.91. The summed E-state index contributed by atoms with van der Waals surface area (Å²) in [5.41, 5.74) is 3.33. The second kappa shape index (κ2) is 9.46. The van der Waals surface area contributed by atoms with Crippen molar-refractivity contribution in [1.29, 1.82) is 0 Å². The van der Waals surface area contributed by atoms with Crippen molar-refractivity contribution in [1.82, 2.24) is 20.4 Å². The van der Waals surface area contributed by atoms with Crippen LogP contribution in [0.5, 0.6) is 5.75 Å². The van der Waals surface area contributed by atoms with Crippen LogP contribution < -0.4 is 15.4 Å². The summed E-state index contributed by atoms with van der Waals surface area (Å²) >= 11 is 3.49. The number of hydrogen-bond acceptors (Lipinski definition) is 3. The Kier molecular flexibility index (Phi) is 7.31. The Bertz CT molecular complexity index is 726.